The molecule has 9 heteroatoms. The number of aliphatic hydroxyl groups excluding tert-OH is 2. The van der Waals surface area contributed by atoms with Gasteiger partial charge < -0.3 is 15.3 Å². The zero-order valence-corrected chi connectivity index (χ0v) is 10.00. The molecule has 0 fully saturated rings. The van der Waals surface area contributed by atoms with Gasteiger partial charge in [0.05, 0.1) is 19.1 Å². The Bertz CT molecular complexity index is 337. The van der Waals surface area contributed by atoms with Crippen LogP contribution in [0.1, 0.15) is 13.3 Å². The first kappa shape index (κ1) is 16.3. The summed E-state index contributed by atoms with van der Waals surface area (Å²) in [7, 11) is -4.71. The van der Waals surface area contributed by atoms with Gasteiger partial charge in [-0.3, -0.25) is 9.35 Å². The molecule has 0 aliphatic heterocycles. The van der Waals surface area contributed by atoms with Crippen LogP contribution < -0.4 is 0 Å². The highest BCUT2D eigenvalue weighted by atomic mass is 32.3. The number of aliphatic hydroxyl groups is 2. The maximum absolute atomic E-state index is 10.6. The second-order valence-corrected chi connectivity index (χ2v) is 4.72. The van der Waals surface area contributed by atoms with Crippen LogP contribution in [0.25, 0.3) is 0 Å². The topological polar surface area (TPSA) is 141 Å². The summed E-state index contributed by atoms with van der Waals surface area (Å²) < 4.78 is 33.5. The molecule has 3 atom stereocenters. The average Bonchev–Trinajstić information content (AvgIpc) is 2.20. The van der Waals surface area contributed by atoms with E-state index in [-0.39, 0.29) is 6.42 Å². The first-order valence-electron chi connectivity index (χ1n) is 4.81. The van der Waals surface area contributed by atoms with Gasteiger partial charge in [0.25, 0.3) is 0 Å². The molecule has 0 saturated carbocycles. The molecule has 8 nitrogen and oxygen atoms in total. The summed E-state index contributed by atoms with van der Waals surface area (Å²) in [6, 6.07) is 0. The lowest BCUT2D eigenvalue weighted by atomic mass is 9.92. The van der Waals surface area contributed by atoms with Crippen molar-refractivity contribution >= 4 is 16.4 Å². The molecule has 0 heterocycles. The van der Waals surface area contributed by atoms with Crippen LogP contribution in [-0.2, 0) is 19.4 Å². The van der Waals surface area contributed by atoms with Gasteiger partial charge in [-0.15, -0.1) is 0 Å². The number of carboxylic acid groups (broad SMARTS) is 1. The van der Waals surface area contributed by atoms with Crippen molar-refractivity contribution in [2.75, 3.05) is 13.2 Å². The molecule has 0 aromatic rings. The molecule has 0 saturated heterocycles. The quantitative estimate of drug-likeness (QED) is 0.407. The standard InChI is InChI=1S/C8H16O8S/c1-5(2-6(3-9)8(11)12)7(4-10)16-17(13,14)15/h5-7,9-10H,2-4H2,1H3,(H,11,12)(H,13,14,15). The molecule has 0 aromatic carbocycles. The Hall–Kier alpha value is -0.740. The summed E-state index contributed by atoms with van der Waals surface area (Å²) in [5.74, 6) is -2.98. The Morgan fingerprint density at radius 2 is 1.82 bits per heavy atom. The number of rotatable bonds is 8. The van der Waals surface area contributed by atoms with Gasteiger partial charge in [-0.25, -0.2) is 4.18 Å². The van der Waals surface area contributed by atoms with Crippen LogP contribution in [0.2, 0.25) is 0 Å². The van der Waals surface area contributed by atoms with Crippen molar-refractivity contribution in [3.05, 3.63) is 0 Å². The molecular weight excluding hydrogens is 256 g/mol. The van der Waals surface area contributed by atoms with E-state index in [4.69, 9.17) is 19.9 Å². The summed E-state index contributed by atoms with van der Waals surface area (Å²) in [5.41, 5.74) is 0. The Kier molecular flexibility index (Phi) is 6.57. The number of aliphatic carboxylic acids is 1. The molecular formula is C8H16O8S. The molecule has 0 bridgehead atoms. The third-order valence-electron chi connectivity index (χ3n) is 2.29. The molecule has 0 aliphatic rings. The summed E-state index contributed by atoms with van der Waals surface area (Å²) in [4.78, 5) is 10.6. The molecule has 0 aliphatic carbocycles. The van der Waals surface area contributed by atoms with Gasteiger partial charge in [0, 0.05) is 0 Å². The predicted octanol–water partition coefficient (Wildman–Crippen LogP) is -1.11. The van der Waals surface area contributed by atoms with E-state index in [0.717, 1.165) is 0 Å². The van der Waals surface area contributed by atoms with E-state index in [2.05, 4.69) is 4.18 Å². The van der Waals surface area contributed by atoms with Gasteiger partial charge in [-0.05, 0) is 12.3 Å². The van der Waals surface area contributed by atoms with Crippen LogP contribution >= 0.6 is 0 Å². The molecule has 0 amide bonds. The van der Waals surface area contributed by atoms with E-state index >= 15 is 0 Å². The Morgan fingerprint density at radius 1 is 1.29 bits per heavy atom. The molecule has 0 radical (unpaired) electrons. The second-order valence-electron chi connectivity index (χ2n) is 3.68. The highest BCUT2D eigenvalue weighted by Crippen LogP contribution is 2.19. The summed E-state index contributed by atoms with van der Waals surface area (Å²) >= 11 is 0. The first-order valence-corrected chi connectivity index (χ1v) is 6.18. The van der Waals surface area contributed by atoms with Crippen molar-refractivity contribution in [1.82, 2.24) is 0 Å². The van der Waals surface area contributed by atoms with E-state index < -0.39 is 47.5 Å². The maximum Gasteiger partial charge on any atom is 0.397 e. The minimum atomic E-state index is -4.71. The van der Waals surface area contributed by atoms with Crippen LogP contribution in [0.5, 0.6) is 0 Å². The molecule has 17 heavy (non-hydrogen) atoms. The molecule has 102 valence electrons. The van der Waals surface area contributed by atoms with Crippen LogP contribution in [0.3, 0.4) is 0 Å². The Labute approximate surface area is 98.8 Å². The fourth-order valence-corrected chi connectivity index (χ4v) is 1.88. The average molecular weight is 272 g/mol. The van der Waals surface area contributed by atoms with Crippen molar-refractivity contribution in [2.24, 2.45) is 11.8 Å². The van der Waals surface area contributed by atoms with Crippen molar-refractivity contribution in [1.29, 1.82) is 0 Å². The fraction of sp³-hybridized carbons (Fsp3) is 0.875. The van der Waals surface area contributed by atoms with Crippen LogP contribution in [0.15, 0.2) is 0 Å². The summed E-state index contributed by atoms with van der Waals surface area (Å²) in [6.45, 7) is 0.139. The van der Waals surface area contributed by atoms with Crippen molar-refractivity contribution in [2.45, 2.75) is 19.4 Å². The zero-order valence-electron chi connectivity index (χ0n) is 9.18. The summed E-state index contributed by atoms with van der Waals surface area (Å²) in [5, 5.41) is 26.3. The minimum absolute atomic E-state index is 0.0907. The fourth-order valence-electron chi connectivity index (χ4n) is 1.32. The molecule has 0 rings (SSSR count). The third-order valence-corrected chi connectivity index (χ3v) is 2.78. The van der Waals surface area contributed by atoms with Crippen LogP contribution in [0.4, 0.5) is 0 Å². The van der Waals surface area contributed by atoms with Gasteiger partial charge in [0.15, 0.2) is 0 Å². The van der Waals surface area contributed by atoms with Gasteiger partial charge in [0.1, 0.15) is 6.10 Å². The zero-order chi connectivity index (χ0) is 13.6. The van der Waals surface area contributed by atoms with Crippen LogP contribution in [0, 0.1) is 11.8 Å². The maximum atomic E-state index is 10.6. The van der Waals surface area contributed by atoms with Crippen molar-refractivity contribution < 1.29 is 37.3 Å². The first-order chi connectivity index (χ1) is 7.71. The number of carbonyl (C=O) groups is 1. The van der Waals surface area contributed by atoms with Crippen LogP contribution in [-0.4, -0.2) is 53.6 Å². The molecule has 0 spiro atoms. The van der Waals surface area contributed by atoms with E-state index in [1.54, 1.807) is 0 Å². The smallest absolute Gasteiger partial charge is 0.397 e. The van der Waals surface area contributed by atoms with E-state index in [1.807, 2.05) is 0 Å². The lowest BCUT2D eigenvalue weighted by Gasteiger charge is -2.22. The lowest BCUT2D eigenvalue weighted by molar-refractivity contribution is -0.144. The van der Waals surface area contributed by atoms with Gasteiger partial charge in [-0.1, -0.05) is 6.92 Å². The highest BCUT2D eigenvalue weighted by molar-refractivity contribution is 7.80. The normalized spacial score (nSPS) is 17.4. The molecule has 4 N–H and O–H groups in total. The van der Waals surface area contributed by atoms with Gasteiger partial charge in [0.2, 0.25) is 0 Å². The third kappa shape index (κ3) is 6.54. The number of hydrogen-bond acceptors (Lipinski definition) is 6. The minimum Gasteiger partial charge on any atom is -0.481 e. The van der Waals surface area contributed by atoms with E-state index in [9.17, 15) is 13.2 Å². The monoisotopic (exact) mass is 272 g/mol. The highest BCUT2D eigenvalue weighted by Gasteiger charge is 2.28. The lowest BCUT2D eigenvalue weighted by Crippen LogP contribution is -2.32. The Balaban J connectivity index is 4.54. The summed E-state index contributed by atoms with van der Waals surface area (Å²) in [6.07, 6.45) is -1.34. The largest absolute Gasteiger partial charge is 0.481 e. The van der Waals surface area contributed by atoms with Crippen molar-refractivity contribution in [3.63, 3.8) is 0 Å². The predicted molar refractivity (Wildman–Crippen MR) is 55.5 cm³/mol. The number of carboxylic acids is 1. The molecule has 3 unspecified atom stereocenters. The second kappa shape index (κ2) is 6.87. The Morgan fingerprint density at radius 3 is 2.12 bits per heavy atom. The SMILES string of the molecule is CC(CC(CO)C(=O)O)C(CO)OS(=O)(=O)O. The van der Waals surface area contributed by atoms with Gasteiger partial charge in [-0.2, -0.15) is 8.42 Å². The van der Waals surface area contributed by atoms with E-state index in [0.29, 0.717) is 0 Å². The molecule has 0 aromatic heterocycles. The van der Waals surface area contributed by atoms with E-state index in [1.165, 1.54) is 6.92 Å². The van der Waals surface area contributed by atoms with Gasteiger partial charge >= 0.3 is 16.4 Å². The van der Waals surface area contributed by atoms with Crippen molar-refractivity contribution in [3.8, 4) is 0 Å². The number of hydrogen-bond donors (Lipinski definition) is 4.